The number of carbonyl (C=O) groups excluding carboxylic acids is 4. The second kappa shape index (κ2) is 11.9. The summed E-state index contributed by atoms with van der Waals surface area (Å²) in [4.78, 5) is 51.1. The van der Waals surface area contributed by atoms with E-state index >= 15 is 0 Å². The van der Waals surface area contributed by atoms with Crippen LogP contribution in [0.1, 0.15) is 46.5 Å². The molecule has 1 aliphatic carbocycles. The minimum atomic E-state index is -2.94. The lowest BCUT2D eigenvalue weighted by molar-refractivity contribution is -0.142. The van der Waals surface area contributed by atoms with Gasteiger partial charge in [0.15, 0.2) is 0 Å². The molecule has 0 radical (unpaired) electrons. The van der Waals surface area contributed by atoms with Crippen molar-refractivity contribution in [3.05, 3.63) is 12.7 Å². The standard InChI is InChI=1S/C23H37F2N5O5/c1-5-9-27-20(33)17(31)14(10-15(24)25)28-19(32)16-13-8-6-7-12(13)11-30(16)21(34)18(23(2,3)4)29-22(26)35/h5,12-16,18,21,34H,1,6-11H2,2-4H3,(H,27,33)(H,28,32)(H3,26,29,35)/t12-,13-,14-,16-,18+,21?/m0/s1. The second-order valence-corrected chi connectivity index (χ2v) is 10.3. The van der Waals surface area contributed by atoms with Crippen molar-refractivity contribution in [2.45, 2.75) is 77.2 Å². The normalized spacial score (nSPS) is 24.8. The van der Waals surface area contributed by atoms with Crippen LogP contribution in [0.4, 0.5) is 13.6 Å². The summed E-state index contributed by atoms with van der Waals surface area (Å²) in [7, 11) is 0. The molecule has 1 aliphatic heterocycles. The van der Waals surface area contributed by atoms with Gasteiger partial charge in [-0.15, -0.1) is 6.58 Å². The van der Waals surface area contributed by atoms with Crippen LogP contribution in [-0.4, -0.2) is 77.5 Å². The van der Waals surface area contributed by atoms with Crippen molar-refractivity contribution in [3.8, 4) is 0 Å². The summed E-state index contributed by atoms with van der Waals surface area (Å²) in [6, 6.07) is -4.33. The predicted molar refractivity (Wildman–Crippen MR) is 124 cm³/mol. The van der Waals surface area contributed by atoms with E-state index < -0.39 is 66.2 Å². The van der Waals surface area contributed by atoms with Gasteiger partial charge < -0.3 is 26.8 Å². The average Bonchev–Trinajstić information content (AvgIpc) is 3.34. The zero-order chi connectivity index (χ0) is 26.5. The van der Waals surface area contributed by atoms with E-state index in [0.717, 1.165) is 12.8 Å². The molecule has 10 nitrogen and oxygen atoms in total. The van der Waals surface area contributed by atoms with Gasteiger partial charge in [0.25, 0.3) is 5.91 Å². The molecule has 0 aromatic carbocycles. The molecule has 1 unspecified atom stereocenters. The summed E-state index contributed by atoms with van der Waals surface area (Å²) in [5.41, 5.74) is 4.68. The van der Waals surface area contributed by atoms with Gasteiger partial charge in [-0.25, -0.2) is 13.6 Å². The zero-order valence-electron chi connectivity index (χ0n) is 20.4. The number of Topliss-reactive ketones (excluding diaryl/α,β-unsaturated/α-hetero) is 1. The first-order chi connectivity index (χ1) is 16.3. The Morgan fingerprint density at radius 2 is 1.86 bits per heavy atom. The maximum Gasteiger partial charge on any atom is 0.312 e. The number of hydrogen-bond acceptors (Lipinski definition) is 6. The van der Waals surface area contributed by atoms with Gasteiger partial charge in [-0.2, -0.15) is 0 Å². The van der Waals surface area contributed by atoms with Crippen molar-refractivity contribution in [2.75, 3.05) is 13.1 Å². The number of nitrogens with one attached hydrogen (secondary N) is 3. The molecule has 12 heteroatoms. The first-order valence-corrected chi connectivity index (χ1v) is 11.8. The number of fused-ring (bicyclic) bond motifs is 1. The van der Waals surface area contributed by atoms with Gasteiger partial charge in [-0.1, -0.05) is 33.3 Å². The molecule has 0 aromatic heterocycles. The molecule has 1 saturated carbocycles. The summed E-state index contributed by atoms with van der Waals surface area (Å²) in [6.45, 7) is 9.11. The fourth-order valence-corrected chi connectivity index (χ4v) is 5.12. The first kappa shape index (κ1) is 28.6. The number of hydrogen-bond donors (Lipinski definition) is 5. The molecule has 0 bridgehead atoms. The predicted octanol–water partition coefficient (Wildman–Crippen LogP) is 0.500. The maximum absolute atomic E-state index is 13.4. The Hall–Kier alpha value is -2.60. The molecule has 2 rings (SSSR count). The summed E-state index contributed by atoms with van der Waals surface area (Å²) in [5, 5.41) is 18.4. The molecule has 1 heterocycles. The van der Waals surface area contributed by atoms with Gasteiger partial charge >= 0.3 is 6.03 Å². The van der Waals surface area contributed by atoms with Crippen LogP contribution in [0.2, 0.25) is 0 Å². The number of urea groups is 1. The highest BCUT2D eigenvalue weighted by Gasteiger charge is 2.52. The van der Waals surface area contributed by atoms with Crippen molar-refractivity contribution in [1.82, 2.24) is 20.9 Å². The van der Waals surface area contributed by atoms with E-state index in [4.69, 9.17) is 5.73 Å². The fourth-order valence-electron chi connectivity index (χ4n) is 5.12. The minimum absolute atomic E-state index is 0.0344. The number of aliphatic hydroxyl groups is 1. The molecule has 198 valence electrons. The molecule has 0 aromatic rings. The summed E-state index contributed by atoms with van der Waals surface area (Å²) in [6.07, 6.45) is -1.56. The van der Waals surface area contributed by atoms with E-state index in [-0.39, 0.29) is 18.4 Å². The molecule has 1 saturated heterocycles. The van der Waals surface area contributed by atoms with Crippen LogP contribution in [0.25, 0.3) is 0 Å². The fraction of sp³-hybridized carbons (Fsp3) is 0.739. The Morgan fingerprint density at radius 3 is 2.40 bits per heavy atom. The Balaban J connectivity index is 2.30. The van der Waals surface area contributed by atoms with Crippen LogP contribution >= 0.6 is 0 Å². The number of ketones is 1. The summed E-state index contributed by atoms with van der Waals surface area (Å²) >= 11 is 0. The molecule has 2 fully saturated rings. The number of amides is 4. The van der Waals surface area contributed by atoms with Gasteiger partial charge in [0.2, 0.25) is 18.1 Å². The van der Waals surface area contributed by atoms with Crippen LogP contribution in [-0.2, 0) is 14.4 Å². The Morgan fingerprint density at radius 1 is 1.20 bits per heavy atom. The van der Waals surface area contributed by atoms with Gasteiger partial charge in [0.05, 0.1) is 12.1 Å². The van der Waals surface area contributed by atoms with Gasteiger partial charge in [0.1, 0.15) is 12.3 Å². The summed E-state index contributed by atoms with van der Waals surface area (Å²) in [5.74, 6) is -3.10. The van der Waals surface area contributed by atoms with E-state index in [1.54, 1.807) is 20.8 Å². The van der Waals surface area contributed by atoms with Crippen LogP contribution in [0.5, 0.6) is 0 Å². The second-order valence-electron chi connectivity index (χ2n) is 10.3. The Bertz CT molecular complexity index is 819. The van der Waals surface area contributed by atoms with E-state index in [1.807, 2.05) is 0 Å². The van der Waals surface area contributed by atoms with Gasteiger partial charge in [-0.05, 0) is 30.1 Å². The number of aliphatic hydroxyl groups excluding tert-OH is 1. The van der Waals surface area contributed by atoms with E-state index in [9.17, 15) is 33.1 Å². The van der Waals surface area contributed by atoms with Crippen molar-refractivity contribution in [1.29, 1.82) is 0 Å². The molecule has 0 spiro atoms. The lowest BCUT2D eigenvalue weighted by Gasteiger charge is -2.41. The summed E-state index contributed by atoms with van der Waals surface area (Å²) < 4.78 is 26.4. The van der Waals surface area contributed by atoms with Crippen molar-refractivity contribution >= 4 is 23.6 Å². The average molecular weight is 502 g/mol. The quantitative estimate of drug-likeness (QED) is 0.205. The van der Waals surface area contributed by atoms with Crippen LogP contribution in [0.3, 0.4) is 0 Å². The van der Waals surface area contributed by atoms with Crippen LogP contribution in [0.15, 0.2) is 12.7 Å². The largest absolute Gasteiger partial charge is 0.376 e. The first-order valence-electron chi connectivity index (χ1n) is 11.8. The van der Waals surface area contributed by atoms with E-state index in [0.29, 0.717) is 13.0 Å². The lowest BCUT2D eigenvalue weighted by Crippen LogP contribution is -2.62. The number of halogens is 2. The maximum atomic E-state index is 13.4. The smallest absolute Gasteiger partial charge is 0.312 e. The van der Waals surface area contributed by atoms with Crippen molar-refractivity contribution in [2.24, 2.45) is 23.0 Å². The van der Waals surface area contributed by atoms with Crippen molar-refractivity contribution in [3.63, 3.8) is 0 Å². The lowest BCUT2D eigenvalue weighted by atomic mass is 9.84. The third-order valence-corrected chi connectivity index (χ3v) is 6.74. The molecule has 6 atom stereocenters. The molecular weight excluding hydrogens is 464 g/mol. The molecule has 4 amide bonds. The van der Waals surface area contributed by atoms with Crippen molar-refractivity contribution < 1.29 is 33.1 Å². The number of nitrogens with zero attached hydrogens (tertiary/aromatic N) is 1. The highest BCUT2D eigenvalue weighted by molar-refractivity contribution is 6.38. The number of nitrogens with two attached hydrogens (primary N) is 1. The van der Waals surface area contributed by atoms with E-state index in [1.165, 1.54) is 11.0 Å². The molecule has 2 aliphatic rings. The highest BCUT2D eigenvalue weighted by atomic mass is 19.3. The third-order valence-electron chi connectivity index (χ3n) is 6.74. The molecular formula is C23H37F2N5O5. The van der Waals surface area contributed by atoms with Crippen LogP contribution < -0.4 is 21.7 Å². The molecule has 6 N–H and O–H groups in total. The topological polar surface area (TPSA) is 154 Å². The minimum Gasteiger partial charge on any atom is -0.376 e. The number of rotatable bonds is 11. The van der Waals surface area contributed by atoms with E-state index in [2.05, 4.69) is 22.5 Å². The van der Waals surface area contributed by atoms with Crippen LogP contribution in [0, 0.1) is 17.3 Å². The Kier molecular flexibility index (Phi) is 9.73. The molecule has 35 heavy (non-hydrogen) atoms. The number of alkyl halides is 2. The SMILES string of the molecule is C=CCNC(=O)C(=O)[C@H](CC(F)F)NC(=O)[C@@H]1[C@H]2CCC[C@H]2CN1C(O)[C@@H](NC(N)=O)C(C)(C)C. The third kappa shape index (κ3) is 7.20. The highest BCUT2D eigenvalue weighted by Crippen LogP contribution is 2.44. The zero-order valence-corrected chi connectivity index (χ0v) is 20.4. The number of primary amides is 1. The number of carbonyl (C=O) groups is 4. The monoisotopic (exact) mass is 501 g/mol. The Labute approximate surface area is 204 Å². The van der Waals surface area contributed by atoms with Gasteiger partial charge in [0, 0.05) is 19.5 Å². The number of likely N-dealkylation sites (tertiary alicyclic amines) is 1. The van der Waals surface area contributed by atoms with Gasteiger partial charge in [-0.3, -0.25) is 19.3 Å².